The van der Waals surface area contributed by atoms with Gasteiger partial charge in [0.1, 0.15) is 23.9 Å². The van der Waals surface area contributed by atoms with Gasteiger partial charge in [-0.25, -0.2) is 0 Å². The third-order valence-electron chi connectivity index (χ3n) is 2.57. The summed E-state index contributed by atoms with van der Waals surface area (Å²) in [4.78, 5) is 0. The lowest BCUT2D eigenvalue weighted by molar-refractivity contribution is 0.337. The summed E-state index contributed by atoms with van der Waals surface area (Å²) in [5, 5.41) is 3.29. The molecule has 19 heavy (non-hydrogen) atoms. The van der Waals surface area contributed by atoms with E-state index in [0.29, 0.717) is 23.9 Å². The molecule has 0 amide bonds. The molecule has 0 atom stereocenters. The van der Waals surface area contributed by atoms with E-state index in [9.17, 15) is 0 Å². The minimum absolute atomic E-state index is 0.479. The number of methoxy groups -OCH3 is 2. The summed E-state index contributed by atoms with van der Waals surface area (Å²) in [6, 6.07) is 5.47. The van der Waals surface area contributed by atoms with Crippen LogP contribution in [0.3, 0.4) is 0 Å². The molecule has 106 valence electrons. The molecule has 0 heterocycles. The molecule has 0 aromatic heterocycles. The van der Waals surface area contributed by atoms with Gasteiger partial charge in [0.25, 0.3) is 0 Å². The molecule has 0 saturated carbocycles. The van der Waals surface area contributed by atoms with E-state index < -0.39 is 0 Å². The lowest BCUT2D eigenvalue weighted by Crippen LogP contribution is -2.20. The van der Waals surface area contributed by atoms with Crippen LogP contribution in [0.5, 0.6) is 17.2 Å². The van der Waals surface area contributed by atoms with Crippen LogP contribution in [-0.2, 0) is 0 Å². The van der Waals surface area contributed by atoms with Gasteiger partial charge < -0.3 is 19.5 Å². The van der Waals surface area contributed by atoms with Gasteiger partial charge in [0.15, 0.2) is 0 Å². The number of hydrogen-bond acceptors (Lipinski definition) is 4. The Hall–Kier alpha value is -1.68. The van der Waals surface area contributed by atoms with Gasteiger partial charge in [0, 0.05) is 24.7 Å². The van der Waals surface area contributed by atoms with Crippen LogP contribution in [0.25, 0.3) is 0 Å². The van der Waals surface area contributed by atoms with E-state index in [1.807, 2.05) is 18.2 Å². The largest absolute Gasteiger partial charge is 0.496 e. The van der Waals surface area contributed by atoms with Crippen molar-refractivity contribution in [2.75, 3.05) is 33.9 Å². The molecular formula is C15H23NO3. The smallest absolute Gasteiger partial charge is 0.127 e. The fraction of sp³-hybridized carbons (Fsp3) is 0.467. The predicted molar refractivity (Wildman–Crippen MR) is 77.3 cm³/mol. The molecule has 0 saturated heterocycles. The van der Waals surface area contributed by atoms with Crippen LogP contribution >= 0.6 is 0 Å². The van der Waals surface area contributed by atoms with Crippen LogP contribution < -0.4 is 19.5 Å². The third kappa shape index (κ3) is 5.66. The Kier molecular flexibility index (Phi) is 6.82. The average Bonchev–Trinajstić information content (AvgIpc) is 2.45. The fourth-order valence-corrected chi connectivity index (χ4v) is 1.54. The monoisotopic (exact) mass is 265 g/mol. The zero-order chi connectivity index (χ0) is 14.1. The first-order valence-electron chi connectivity index (χ1n) is 6.42. The van der Waals surface area contributed by atoms with Crippen LogP contribution in [0.15, 0.2) is 30.4 Å². The zero-order valence-corrected chi connectivity index (χ0v) is 12.0. The molecule has 0 aliphatic heterocycles. The van der Waals surface area contributed by atoms with Gasteiger partial charge in [-0.1, -0.05) is 13.5 Å². The summed E-state index contributed by atoms with van der Waals surface area (Å²) >= 11 is 0. The molecule has 0 fully saturated rings. The Morgan fingerprint density at radius 2 is 1.68 bits per heavy atom. The van der Waals surface area contributed by atoms with Crippen molar-refractivity contribution in [3.8, 4) is 17.2 Å². The standard InChI is InChI=1S/C15H23NO3/c1-5-6-16-10-12(2)11-19-15-8-13(17-3)7-14(9-15)18-4/h7-9,16H,2,5-6,10-11H2,1,3-4H3. The van der Waals surface area contributed by atoms with Gasteiger partial charge in [-0.05, 0) is 18.5 Å². The Morgan fingerprint density at radius 1 is 1.11 bits per heavy atom. The fourth-order valence-electron chi connectivity index (χ4n) is 1.54. The molecule has 0 aliphatic carbocycles. The van der Waals surface area contributed by atoms with Gasteiger partial charge in [0.05, 0.1) is 14.2 Å². The van der Waals surface area contributed by atoms with Crippen LogP contribution in [-0.4, -0.2) is 33.9 Å². The van der Waals surface area contributed by atoms with Gasteiger partial charge in [-0.15, -0.1) is 0 Å². The lowest BCUT2D eigenvalue weighted by atomic mass is 10.3. The second kappa shape index (κ2) is 8.43. The van der Waals surface area contributed by atoms with Gasteiger partial charge in [-0.3, -0.25) is 0 Å². The predicted octanol–water partition coefficient (Wildman–Crippen LogP) is 2.64. The van der Waals surface area contributed by atoms with E-state index in [1.54, 1.807) is 14.2 Å². The molecule has 1 rings (SSSR count). The summed E-state index contributed by atoms with van der Waals surface area (Å²) in [6.07, 6.45) is 1.11. The first-order chi connectivity index (χ1) is 9.19. The van der Waals surface area contributed by atoms with E-state index in [1.165, 1.54) is 0 Å². The maximum atomic E-state index is 5.68. The summed E-state index contributed by atoms with van der Waals surface area (Å²) < 4.78 is 16.1. The van der Waals surface area contributed by atoms with E-state index in [4.69, 9.17) is 14.2 Å². The molecule has 0 spiro atoms. The summed E-state index contributed by atoms with van der Waals surface area (Å²) in [5.41, 5.74) is 1.01. The molecule has 0 aliphatic rings. The van der Waals surface area contributed by atoms with Gasteiger partial charge in [0.2, 0.25) is 0 Å². The van der Waals surface area contributed by atoms with Crippen molar-refractivity contribution in [1.82, 2.24) is 5.32 Å². The maximum Gasteiger partial charge on any atom is 0.127 e. The van der Waals surface area contributed by atoms with Crippen LogP contribution in [0, 0.1) is 0 Å². The SMILES string of the molecule is C=C(CNCCC)COc1cc(OC)cc(OC)c1. The van der Waals surface area contributed by atoms with E-state index in [2.05, 4.69) is 18.8 Å². The number of benzene rings is 1. The topological polar surface area (TPSA) is 39.7 Å². The van der Waals surface area contributed by atoms with Crippen LogP contribution in [0.1, 0.15) is 13.3 Å². The van der Waals surface area contributed by atoms with Crippen molar-refractivity contribution in [1.29, 1.82) is 0 Å². The van der Waals surface area contributed by atoms with Crippen LogP contribution in [0.2, 0.25) is 0 Å². The highest BCUT2D eigenvalue weighted by molar-refractivity contribution is 5.42. The van der Waals surface area contributed by atoms with E-state index >= 15 is 0 Å². The summed E-state index contributed by atoms with van der Waals surface area (Å²) in [6.45, 7) is 8.35. The quantitative estimate of drug-likeness (QED) is 0.550. The van der Waals surface area contributed by atoms with Gasteiger partial charge in [-0.2, -0.15) is 0 Å². The highest BCUT2D eigenvalue weighted by Gasteiger charge is 2.03. The molecule has 4 heteroatoms. The normalized spacial score (nSPS) is 10.1. The Bertz CT molecular complexity index is 382. The minimum Gasteiger partial charge on any atom is -0.496 e. The molecule has 0 bridgehead atoms. The van der Waals surface area contributed by atoms with Crippen molar-refractivity contribution in [3.05, 3.63) is 30.4 Å². The first kappa shape index (κ1) is 15.4. The highest BCUT2D eigenvalue weighted by Crippen LogP contribution is 2.27. The molecule has 0 unspecified atom stereocenters. The Labute approximate surface area is 115 Å². The highest BCUT2D eigenvalue weighted by atomic mass is 16.5. The zero-order valence-electron chi connectivity index (χ0n) is 12.0. The van der Waals surface area contributed by atoms with E-state index in [-0.39, 0.29) is 0 Å². The van der Waals surface area contributed by atoms with Crippen LogP contribution in [0.4, 0.5) is 0 Å². The number of rotatable bonds is 9. The Balaban J connectivity index is 2.50. The van der Waals surface area contributed by atoms with Crippen molar-refractivity contribution in [2.45, 2.75) is 13.3 Å². The average molecular weight is 265 g/mol. The first-order valence-corrected chi connectivity index (χ1v) is 6.42. The number of ether oxygens (including phenoxy) is 3. The molecule has 1 N–H and O–H groups in total. The second-order valence-electron chi connectivity index (χ2n) is 4.26. The molecule has 1 aromatic rings. The number of hydrogen-bond donors (Lipinski definition) is 1. The maximum absolute atomic E-state index is 5.68. The molecule has 4 nitrogen and oxygen atoms in total. The van der Waals surface area contributed by atoms with Gasteiger partial charge >= 0.3 is 0 Å². The summed E-state index contributed by atoms with van der Waals surface area (Å²) in [5.74, 6) is 2.14. The van der Waals surface area contributed by atoms with Crippen molar-refractivity contribution in [2.24, 2.45) is 0 Å². The molecule has 1 aromatic carbocycles. The minimum atomic E-state index is 0.479. The summed E-state index contributed by atoms with van der Waals surface area (Å²) in [7, 11) is 3.23. The lowest BCUT2D eigenvalue weighted by Gasteiger charge is -2.12. The van der Waals surface area contributed by atoms with Crippen molar-refractivity contribution < 1.29 is 14.2 Å². The number of nitrogens with one attached hydrogen (secondary N) is 1. The van der Waals surface area contributed by atoms with Crippen molar-refractivity contribution >= 4 is 0 Å². The second-order valence-corrected chi connectivity index (χ2v) is 4.26. The third-order valence-corrected chi connectivity index (χ3v) is 2.57. The Morgan fingerprint density at radius 3 is 2.21 bits per heavy atom. The van der Waals surface area contributed by atoms with E-state index in [0.717, 1.165) is 25.1 Å². The molecule has 0 radical (unpaired) electrons. The molecular weight excluding hydrogens is 242 g/mol. The van der Waals surface area contributed by atoms with Crippen molar-refractivity contribution in [3.63, 3.8) is 0 Å².